The van der Waals surface area contributed by atoms with Crippen LogP contribution in [0.3, 0.4) is 0 Å². The number of carbonyl (C=O) groups excluding carboxylic acids is 3. The molecule has 5 unspecified atom stereocenters. The molecule has 0 radical (unpaired) electrons. The van der Waals surface area contributed by atoms with Crippen LogP contribution in [0.15, 0.2) is 85.5 Å². The summed E-state index contributed by atoms with van der Waals surface area (Å²) in [6, 6.07) is 19.8. The van der Waals surface area contributed by atoms with Crippen LogP contribution in [0, 0.1) is 23.7 Å². The predicted octanol–water partition coefficient (Wildman–Crippen LogP) is 7.58. The highest BCUT2D eigenvalue weighted by molar-refractivity contribution is 5.86. The molecule has 2 aliphatic carbocycles. The second kappa shape index (κ2) is 15.8. The van der Waals surface area contributed by atoms with Gasteiger partial charge >= 0.3 is 6.09 Å². The van der Waals surface area contributed by atoms with Gasteiger partial charge in [-0.2, -0.15) is 0 Å². The number of fused-ring (bicyclic) bond motifs is 2. The van der Waals surface area contributed by atoms with E-state index in [4.69, 9.17) is 9.72 Å². The summed E-state index contributed by atoms with van der Waals surface area (Å²) < 4.78 is 4.76. The van der Waals surface area contributed by atoms with Crippen molar-refractivity contribution >= 4 is 17.9 Å². The summed E-state index contributed by atoms with van der Waals surface area (Å²) in [5, 5.41) is 5.98. The maximum atomic E-state index is 13.7. The van der Waals surface area contributed by atoms with E-state index < -0.39 is 12.1 Å². The number of aromatic amines is 2. The van der Waals surface area contributed by atoms with Gasteiger partial charge < -0.3 is 30.2 Å². The molecule has 2 bridgehead atoms. The van der Waals surface area contributed by atoms with E-state index in [1.165, 1.54) is 7.11 Å². The van der Waals surface area contributed by atoms with Gasteiger partial charge in [-0.25, -0.2) is 14.8 Å². The van der Waals surface area contributed by atoms with E-state index >= 15 is 0 Å². The van der Waals surface area contributed by atoms with E-state index in [-0.39, 0.29) is 41.7 Å². The molecule has 3 amide bonds. The number of carbonyl (C=O) groups is 3. The highest BCUT2D eigenvalue weighted by Gasteiger charge is 2.52. The number of benzene rings is 2. The van der Waals surface area contributed by atoms with Gasteiger partial charge in [0.1, 0.15) is 17.7 Å². The van der Waals surface area contributed by atoms with Crippen LogP contribution >= 0.6 is 0 Å². The maximum Gasteiger partial charge on any atom is 0.407 e. The lowest BCUT2D eigenvalue weighted by Gasteiger charge is -2.30. The average molecular weight is 755 g/mol. The highest BCUT2D eigenvalue weighted by Crippen LogP contribution is 2.56. The summed E-state index contributed by atoms with van der Waals surface area (Å²) in [7, 11) is 1.30. The zero-order chi connectivity index (χ0) is 38.9. The molecule has 7 atom stereocenters. The van der Waals surface area contributed by atoms with Crippen molar-refractivity contribution in [3.63, 3.8) is 0 Å². The molecule has 4 N–H and O–H groups in total. The normalized spacial score (nSPS) is 22.6. The van der Waals surface area contributed by atoms with E-state index in [0.29, 0.717) is 18.4 Å². The van der Waals surface area contributed by atoms with Crippen molar-refractivity contribution < 1.29 is 19.1 Å². The highest BCUT2D eigenvalue weighted by atomic mass is 16.5. The molecule has 3 aliphatic rings. The zero-order valence-electron chi connectivity index (χ0n) is 32.4. The number of rotatable bonds is 11. The number of amides is 3. The third kappa shape index (κ3) is 7.32. The summed E-state index contributed by atoms with van der Waals surface area (Å²) in [5.74, 6) is 2.37. The number of likely N-dealkylation sites (tertiary alicyclic amines) is 1. The number of aromatic nitrogens is 5. The van der Waals surface area contributed by atoms with E-state index in [1.807, 2.05) is 56.4 Å². The van der Waals surface area contributed by atoms with Crippen LogP contribution in [0.4, 0.5) is 4.79 Å². The van der Waals surface area contributed by atoms with Crippen LogP contribution in [-0.4, -0.2) is 67.4 Å². The van der Waals surface area contributed by atoms with Crippen molar-refractivity contribution in [1.82, 2.24) is 40.5 Å². The number of nitrogens with zero attached hydrogens (tertiary/aromatic N) is 4. The molecular weight excluding hydrogens is 705 g/mol. The van der Waals surface area contributed by atoms with Gasteiger partial charge in [-0.3, -0.25) is 14.6 Å². The molecule has 12 heteroatoms. The SMILES string of the molecule is COC(=O)N[C@H](C(=O)N1CCC[C@H]1c1ncc(-c2ccc(-c3ccc(-c4cnc(C5C6CCC(C6)C5C(=O)NC(C)c5cccnc5)[nH]4)cc3)cc2)[nH]1)C(C)C. The molecule has 8 rings (SSSR count). The lowest BCUT2D eigenvalue weighted by atomic mass is 9.78. The Morgan fingerprint density at radius 2 is 1.41 bits per heavy atom. The molecule has 0 spiro atoms. The third-order valence-electron chi connectivity index (χ3n) is 12.2. The van der Waals surface area contributed by atoms with Crippen LogP contribution in [0.5, 0.6) is 0 Å². The summed E-state index contributed by atoms with van der Waals surface area (Å²) in [4.78, 5) is 61.9. The van der Waals surface area contributed by atoms with Gasteiger partial charge in [0.25, 0.3) is 0 Å². The summed E-state index contributed by atoms with van der Waals surface area (Å²) in [6.45, 7) is 6.44. The molecule has 2 saturated carbocycles. The number of pyridine rings is 1. The van der Waals surface area contributed by atoms with E-state index in [1.54, 1.807) is 6.20 Å². The number of H-pyrrole nitrogens is 2. The Morgan fingerprint density at radius 3 is 2.04 bits per heavy atom. The quantitative estimate of drug-likeness (QED) is 0.108. The van der Waals surface area contributed by atoms with Gasteiger partial charge in [0, 0.05) is 24.9 Å². The first-order valence-electron chi connectivity index (χ1n) is 19.8. The van der Waals surface area contributed by atoms with Gasteiger partial charge in [0.2, 0.25) is 11.8 Å². The smallest absolute Gasteiger partial charge is 0.407 e. The minimum atomic E-state index is -0.677. The molecule has 2 aromatic carbocycles. The van der Waals surface area contributed by atoms with Crippen molar-refractivity contribution in [2.75, 3.05) is 13.7 Å². The van der Waals surface area contributed by atoms with Gasteiger partial charge in [-0.1, -0.05) is 68.4 Å². The average Bonchev–Trinajstić information content (AvgIpc) is 4.08. The molecule has 12 nitrogen and oxygen atoms in total. The number of hydrogen-bond donors (Lipinski definition) is 4. The summed E-state index contributed by atoms with van der Waals surface area (Å²) in [6.07, 6.45) is 11.6. The molecule has 56 heavy (non-hydrogen) atoms. The fourth-order valence-electron chi connectivity index (χ4n) is 9.27. The Morgan fingerprint density at radius 1 is 0.786 bits per heavy atom. The number of hydrogen-bond acceptors (Lipinski definition) is 7. The first kappa shape index (κ1) is 37.2. The fourth-order valence-corrected chi connectivity index (χ4v) is 9.27. The largest absolute Gasteiger partial charge is 0.453 e. The Hall–Kier alpha value is -5.78. The Bertz CT molecular complexity index is 2160. The first-order valence-corrected chi connectivity index (χ1v) is 19.8. The number of nitrogens with one attached hydrogen (secondary N) is 4. The number of methoxy groups -OCH3 is 1. The molecule has 1 saturated heterocycles. The van der Waals surface area contributed by atoms with Crippen LogP contribution < -0.4 is 10.6 Å². The second-order valence-corrected chi connectivity index (χ2v) is 16.0. The first-order chi connectivity index (χ1) is 27.2. The predicted molar refractivity (Wildman–Crippen MR) is 213 cm³/mol. The van der Waals surface area contributed by atoms with E-state index in [9.17, 15) is 14.4 Å². The Balaban J connectivity index is 0.922. The van der Waals surface area contributed by atoms with Crippen molar-refractivity contribution in [2.45, 2.75) is 76.9 Å². The number of imidazole rings is 2. The van der Waals surface area contributed by atoms with Gasteiger partial charge in [-0.05, 0) is 90.7 Å². The molecule has 3 aromatic heterocycles. The van der Waals surface area contributed by atoms with Crippen molar-refractivity contribution in [3.05, 3.63) is 103 Å². The lowest BCUT2D eigenvalue weighted by molar-refractivity contribution is -0.135. The van der Waals surface area contributed by atoms with Crippen LogP contribution in [0.1, 0.15) is 88.1 Å². The monoisotopic (exact) mass is 754 g/mol. The number of ether oxygens (including phenoxy) is 1. The van der Waals surface area contributed by atoms with E-state index in [0.717, 1.165) is 83.0 Å². The molecular formula is C44H50N8O4. The lowest BCUT2D eigenvalue weighted by Crippen LogP contribution is -2.51. The summed E-state index contributed by atoms with van der Waals surface area (Å²) in [5.41, 5.74) is 7.06. The molecule has 4 heterocycles. The van der Waals surface area contributed by atoms with Gasteiger partial charge in [0.15, 0.2) is 0 Å². The molecule has 1 aliphatic heterocycles. The molecule has 3 fully saturated rings. The Kier molecular flexibility index (Phi) is 10.5. The van der Waals surface area contributed by atoms with Crippen molar-refractivity contribution in [1.29, 1.82) is 0 Å². The van der Waals surface area contributed by atoms with Crippen molar-refractivity contribution in [2.24, 2.45) is 23.7 Å². The minimum Gasteiger partial charge on any atom is -0.453 e. The third-order valence-corrected chi connectivity index (χ3v) is 12.2. The fraction of sp³-hybridized carbons (Fsp3) is 0.409. The van der Waals surface area contributed by atoms with Gasteiger partial charge in [0.05, 0.1) is 48.9 Å². The standard InChI is InChI=1S/C44H50N8O4/c1-25(2)39(51-44(55)56-4)43(54)52-20-6-8-36(52)40-46-23-34(49-40)29-13-9-27(10-14-29)28-11-15-30(16-12-28)35-24-47-41(50-35)37-31-17-18-32(21-31)38(37)42(53)48-26(3)33-7-5-19-45-22-33/h5,7,9-16,19,22-26,31-32,36-39H,6,8,17-18,20-21H2,1-4H3,(H,46,49)(H,47,50)(H,48,53)(H,51,55)/t26?,31?,32?,36-,37?,38?,39-/m0/s1. The zero-order valence-corrected chi connectivity index (χ0v) is 32.4. The van der Waals surface area contributed by atoms with Gasteiger partial charge in [-0.15, -0.1) is 0 Å². The second-order valence-electron chi connectivity index (χ2n) is 16.0. The van der Waals surface area contributed by atoms with E-state index in [2.05, 4.69) is 79.1 Å². The van der Waals surface area contributed by atoms with Crippen LogP contribution in [-0.2, 0) is 14.3 Å². The number of alkyl carbamates (subject to hydrolysis) is 1. The van der Waals surface area contributed by atoms with Crippen LogP contribution in [0.2, 0.25) is 0 Å². The minimum absolute atomic E-state index is 0.0829. The van der Waals surface area contributed by atoms with Crippen molar-refractivity contribution in [3.8, 4) is 33.6 Å². The topological polar surface area (TPSA) is 158 Å². The maximum absolute atomic E-state index is 13.7. The van der Waals surface area contributed by atoms with Crippen LogP contribution in [0.25, 0.3) is 33.6 Å². The molecule has 5 aromatic rings. The Labute approximate surface area is 327 Å². The molecule has 290 valence electrons. The summed E-state index contributed by atoms with van der Waals surface area (Å²) >= 11 is 0.